The molecule has 1 heterocycles. The smallest absolute Gasteiger partial charge is 0.273 e. The van der Waals surface area contributed by atoms with E-state index >= 15 is 0 Å². The minimum Gasteiger partial charge on any atom is -0.273 e. The van der Waals surface area contributed by atoms with Gasteiger partial charge in [-0.3, -0.25) is 5.21 Å². The monoisotopic (exact) mass is 254 g/mol. The maximum Gasteiger partial charge on any atom is 0.461 e. The third-order valence-corrected chi connectivity index (χ3v) is 2.85. The van der Waals surface area contributed by atoms with Crippen LogP contribution in [-0.2, 0) is 0 Å². The summed E-state index contributed by atoms with van der Waals surface area (Å²) in [6.07, 6.45) is 2.74. The van der Waals surface area contributed by atoms with E-state index in [0.717, 1.165) is 4.90 Å². The van der Waals surface area contributed by atoms with Crippen LogP contribution in [0, 0.1) is 0 Å². The molecule has 0 aromatic rings. The number of carbonyl (C=O) groups excluding carboxylic acids is 3. The molecule has 0 aromatic heterocycles. The molecule has 1 aliphatic heterocycles. The normalized spacial score (nSPS) is 24.4. The van der Waals surface area contributed by atoms with Crippen molar-refractivity contribution in [2.24, 2.45) is 0 Å². The summed E-state index contributed by atoms with van der Waals surface area (Å²) in [6, 6.07) is -2.71. The summed E-state index contributed by atoms with van der Waals surface area (Å²) in [6.45, 7) is 8.59. The number of hydroxylamine groups is 2. The van der Waals surface area contributed by atoms with Crippen LogP contribution >= 0.6 is 0 Å². The molecule has 1 N–H and O–H groups in total. The third kappa shape index (κ3) is 1.83. The number of hydrogen-bond acceptors (Lipinski definition) is 4. The van der Waals surface area contributed by atoms with E-state index in [1.165, 1.54) is 12.2 Å². The quantitative estimate of drug-likeness (QED) is 0.459. The lowest BCUT2D eigenvalue weighted by Gasteiger charge is -2.39. The van der Waals surface area contributed by atoms with E-state index in [0.29, 0.717) is 0 Å². The molecule has 0 radical (unpaired) electrons. The van der Waals surface area contributed by atoms with Gasteiger partial charge < -0.3 is 0 Å². The highest BCUT2D eigenvalue weighted by molar-refractivity contribution is 6.05. The number of rotatable bonds is 5. The number of likely N-dealkylation sites (N-methyl/N-ethyl adjacent to an activating group) is 1. The Labute approximate surface area is 105 Å². The van der Waals surface area contributed by atoms with Crippen molar-refractivity contribution in [2.45, 2.75) is 6.92 Å². The molecule has 0 aromatic carbocycles. The zero-order valence-corrected chi connectivity index (χ0v) is 10.2. The Bertz CT molecular complexity index is 421. The Balaban J connectivity index is 3.28. The van der Waals surface area contributed by atoms with E-state index < -0.39 is 22.6 Å². The predicted molar refractivity (Wildman–Crippen MR) is 62.6 cm³/mol. The van der Waals surface area contributed by atoms with Crippen LogP contribution in [0.4, 0.5) is 14.4 Å². The molecule has 1 fully saturated rings. The lowest BCUT2D eigenvalue weighted by atomic mass is 10.3. The second-order valence-corrected chi connectivity index (χ2v) is 3.81. The number of quaternary nitrogens is 1. The third-order valence-electron chi connectivity index (χ3n) is 2.85. The highest BCUT2D eigenvalue weighted by Gasteiger charge is 2.57. The van der Waals surface area contributed by atoms with Crippen LogP contribution in [0.5, 0.6) is 0 Å². The molecule has 6 amide bonds. The zero-order chi connectivity index (χ0) is 13.9. The first-order chi connectivity index (χ1) is 8.46. The molecule has 1 saturated heterocycles. The van der Waals surface area contributed by atoms with Gasteiger partial charge in [0.15, 0.2) is 0 Å². The number of carbonyl (C=O) groups is 3. The fourth-order valence-electron chi connectivity index (χ4n) is 1.83. The molecular formula is C11H16N3O4+. The van der Waals surface area contributed by atoms with Gasteiger partial charge in [-0.05, 0) is 13.0 Å². The van der Waals surface area contributed by atoms with Crippen LogP contribution in [-0.4, -0.2) is 57.4 Å². The minimum absolute atomic E-state index is 0.00610. The summed E-state index contributed by atoms with van der Waals surface area (Å²) in [4.78, 5) is 36.6. The van der Waals surface area contributed by atoms with E-state index in [2.05, 4.69) is 13.2 Å². The number of urea groups is 3. The molecular weight excluding hydrogens is 238 g/mol. The summed E-state index contributed by atoms with van der Waals surface area (Å²) >= 11 is 0. The van der Waals surface area contributed by atoms with E-state index in [1.807, 2.05) is 0 Å². The maximum absolute atomic E-state index is 12.2. The van der Waals surface area contributed by atoms with Crippen LogP contribution in [0.3, 0.4) is 0 Å². The number of amides is 6. The van der Waals surface area contributed by atoms with Gasteiger partial charge in [0, 0.05) is 0 Å². The minimum atomic E-state index is -1.06. The Kier molecular flexibility index (Phi) is 4.00. The Morgan fingerprint density at radius 2 is 1.83 bits per heavy atom. The maximum atomic E-state index is 12.2. The predicted octanol–water partition coefficient (Wildman–Crippen LogP) is 1.56. The number of nitrogens with zero attached hydrogens (tertiary/aromatic N) is 3. The van der Waals surface area contributed by atoms with Gasteiger partial charge in [0.25, 0.3) is 0 Å². The van der Waals surface area contributed by atoms with E-state index in [4.69, 9.17) is 0 Å². The number of imide groups is 3. The van der Waals surface area contributed by atoms with Gasteiger partial charge in [-0.15, -0.1) is 6.58 Å². The van der Waals surface area contributed by atoms with Crippen LogP contribution in [0.15, 0.2) is 25.3 Å². The molecule has 1 rings (SSSR count). The largest absolute Gasteiger partial charge is 0.461 e. The summed E-state index contributed by atoms with van der Waals surface area (Å²) < 4.78 is -0.695. The summed E-state index contributed by atoms with van der Waals surface area (Å²) in [5, 5.41) is 9.48. The fraction of sp³-hybridized carbons (Fsp3) is 0.364. The van der Waals surface area contributed by atoms with E-state index in [1.54, 1.807) is 6.92 Å². The second-order valence-electron chi connectivity index (χ2n) is 3.81. The first kappa shape index (κ1) is 14.1. The molecule has 0 spiro atoms. The van der Waals surface area contributed by atoms with Gasteiger partial charge in [-0.2, -0.15) is 4.48 Å². The summed E-state index contributed by atoms with van der Waals surface area (Å²) in [7, 11) is 0. The average molecular weight is 254 g/mol. The second kappa shape index (κ2) is 5.11. The first-order valence-electron chi connectivity index (χ1n) is 5.44. The highest BCUT2D eigenvalue weighted by Crippen LogP contribution is 2.22. The van der Waals surface area contributed by atoms with Gasteiger partial charge in [-0.25, -0.2) is 19.3 Å². The molecule has 7 nitrogen and oxygen atoms in total. The molecule has 0 bridgehead atoms. The SMILES string of the molecule is C=CCN1C(=O)N(O)C(=O)[N+](CC)(CC=C)C1=O. The van der Waals surface area contributed by atoms with Crippen molar-refractivity contribution in [2.75, 3.05) is 19.6 Å². The molecule has 18 heavy (non-hydrogen) atoms. The standard InChI is InChI=1S/C11H16N3O4/c1-4-7-12-9(15)13(18)11(17)14(6-3,8-5-2)10(12)16/h4-5,18H,1-2,6-8H2,3H3/q+1. The van der Waals surface area contributed by atoms with Gasteiger partial charge in [0.2, 0.25) is 0 Å². The van der Waals surface area contributed by atoms with E-state index in [-0.39, 0.29) is 24.7 Å². The van der Waals surface area contributed by atoms with Crippen molar-refractivity contribution in [3.8, 4) is 0 Å². The van der Waals surface area contributed by atoms with Crippen LogP contribution in [0.25, 0.3) is 0 Å². The highest BCUT2D eigenvalue weighted by atomic mass is 16.5. The van der Waals surface area contributed by atoms with Crippen molar-refractivity contribution in [1.82, 2.24) is 9.96 Å². The molecule has 7 heteroatoms. The molecule has 98 valence electrons. The van der Waals surface area contributed by atoms with Crippen molar-refractivity contribution < 1.29 is 24.1 Å². The van der Waals surface area contributed by atoms with Crippen molar-refractivity contribution >= 4 is 18.1 Å². The molecule has 0 saturated carbocycles. The summed E-state index contributed by atoms with van der Waals surface area (Å²) in [5.74, 6) is 0. The van der Waals surface area contributed by atoms with Gasteiger partial charge in [0.1, 0.15) is 6.54 Å². The van der Waals surface area contributed by atoms with Gasteiger partial charge in [-0.1, -0.05) is 17.7 Å². The lowest BCUT2D eigenvalue weighted by molar-refractivity contribution is -0.772. The van der Waals surface area contributed by atoms with Crippen LogP contribution in [0.2, 0.25) is 0 Å². The average Bonchev–Trinajstić information content (AvgIpc) is 2.37. The molecule has 1 unspecified atom stereocenters. The number of hydrogen-bond donors (Lipinski definition) is 1. The topological polar surface area (TPSA) is 77.9 Å². The van der Waals surface area contributed by atoms with Gasteiger partial charge >= 0.3 is 18.1 Å². The van der Waals surface area contributed by atoms with E-state index in [9.17, 15) is 19.6 Å². The lowest BCUT2D eigenvalue weighted by Crippen LogP contribution is -2.72. The zero-order valence-electron chi connectivity index (χ0n) is 10.2. The van der Waals surface area contributed by atoms with Gasteiger partial charge in [0.05, 0.1) is 13.1 Å². The Morgan fingerprint density at radius 1 is 1.22 bits per heavy atom. The first-order valence-corrected chi connectivity index (χ1v) is 5.44. The summed E-state index contributed by atoms with van der Waals surface area (Å²) in [5.41, 5.74) is 0. The molecule has 0 aliphatic carbocycles. The Hall–Kier alpha value is -1.99. The molecule has 1 aliphatic rings. The van der Waals surface area contributed by atoms with Crippen molar-refractivity contribution in [3.05, 3.63) is 25.3 Å². The Morgan fingerprint density at radius 3 is 2.28 bits per heavy atom. The fourth-order valence-corrected chi connectivity index (χ4v) is 1.83. The molecule has 1 atom stereocenters. The van der Waals surface area contributed by atoms with Crippen molar-refractivity contribution in [3.63, 3.8) is 0 Å². The van der Waals surface area contributed by atoms with Crippen LogP contribution < -0.4 is 0 Å². The van der Waals surface area contributed by atoms with Crippen LogP contribution in [0.1, 0.15) is 6.92 Å². The van der Waals surface area contributed by atoms with Crippen molar-refractivity contribution in [1.29, 1.82) is 0 Å².